The Morgan fingerprint density at radius 3 is 2.65 bits per heavy atom. The fourth-order valence-electron chi connectivity index (χ4n) is 1.97. The molecule has 100 valence electrons. The van der Waals surface area contributed by atoms with E-state index in [1.54, 1.807) is 48.8 Å². The summed E-state index contributed by atoms with van der Waals surface area (Å²) in [7, 11) is 0. The first-order valence-corrected chi connectivity index (χ1v) is 6.66. The molecule has 2 heterocycles. The number of carbonyl (C=O) groups excluding carboxylic acids is 1. The maximum Gasteiger partial charge on any atom is 0.261 e. The van der Waals surface area contributed by atoms with E-state index in [-0.39, 0.29) is 5.91 Å². The van der Waals surface area contributed by atoms with Gasteiger partial charge in [0.1, 0.15) is 5.92 Å². The number of halogens is 2. The van der Waals surface area contributed by atoms with Gasteiger partial charge in [-0.05, 0) is 29.8 Å². The van der Waals surface area contributed by atoms with Crippen molar-refractivity contribution in [2.45, 2.75) is 5.92 Å². The van der Waals surface area contributed by atoms with Crippen LogP contribution in [-0.4, -0.2) is 17.1 Å². The number of hydrazone groups is 1. The fraction of sp³-hybridized carbons (Fsp3) is 0.0714. The number of benzene rings is 1. The van der Waals surface area contributed by atoms with Crippen molar-refractivity contribution in [3.63, 3.8) is 0 Å². The summed E-state index contributed by atoms with van der Waals surface area (Å²) in [4.78, 5) is 16.5. The van der Waals surface area contributed by atoms with E-state index in [4.69, 9.17) is 23.2 Å². The number of hydrogen-bond donors (Lipinski definition) is 0. The van der Waals surface area contributed by atoms with Gasteiger partial charge in [-0.3, -0.25) is 4.79 Å². The molecule has 20 heavy (non-hydrogen) atoms. The Morgan fingerprint density at radius 1 is 1.10 bits per heavy atom. The van der Waals surface area contributed by atoms with Gasteiger partial charge in [0, 0.05) is 12.4 Å². The SMILES string of the molecule is O=C1C(c2ccc(Cl)c(Cl)c2)C=NN1c1ccccn1. The number of anilines is 1. The van der Waals surface area contributed by atoms with Gasteiger partial charge in [-0.25, -0.2) is 4.98 Å². The van der Waals surface area contributed by atoms with Gasteiger partial charge < -0.3 is 0 Å². The summed E-state index contributed by atoms with van der Waals surface area (Å²) >= 11 is 11.9. The first kappa shape index (κ1) is 13.1. The van der Waals surface area contributed by atoms with E-state index in [9.17, 15) is 4.79 Å². The highest BCUT2D eigenvalue weighted by Gasteiger charge is 2.31. The predicted molar refractivity (Wildman–Crippen MR) is 79.4 cm³/mol. The zero-order chi connectivity index (χ0) is 14.1. The second-order valence-electron chi connectivity index (χ2n) is 4.25. The van der Waals surface area contributed by atoms with Crippen molar-refractivity contribution in [1.82, 2.24) is 4.98 Å². The van der Waals surface area contributed by atoms with Crippen LogP contribution in [0.3, 0.4) is 0 Å². The summed E-state index contributed by atoms with van der Waals surface area (Å²) < 4.78 is 0. The van der Waals surface area contributed by atoms with Crippen LogP contribution in [0.4, 0.5) is 5.82 Å². The first-order chi connectivity index (χ1) is 9.66. The molecule has 1 unspecified atom stereocenters. The molecule has 0 aliphatic carbocycles. The lowest BCUT2D eigenvalue weighted by atomic mass is 10.0. The Labute approximate surface area is 125 Å². The number of nitrogens with zero attached hydrogens (tertiary/aromatic N) is 3. The topological polar surface area (TPSA) is 45.6 Å². The minimum atomic E-state index is -0.466. The quantitative estimate of drug-likeness (QED) is 0.852. The Hall–Kier alpha value is -1.91. The minimum absolute atomic E-state index is 0.165. The van der Waals surface area contributed by atoms with Crippen molar-refractivity contribution < 1.29 is 4.79 Å². The second-order valence-corrected chi connectivity index (χ2v) is 5.07. The molecule has 0 bridgehead atoms. The average Bonchev–Trinajstić information content (AvgIpc) is 2.85. The van der Waals surface area contributed by atoms with Crippen molar-refractivity contribution in [3.8, 4) is 0 Å². The largest absolute Gasteiger partial charge is 0.271 e. The van der Waals surface area contributed by atoms with Gasteiger partial charge in [-0.2, -0.15) is 10.1 Å². The van der Waals surface area contributed by atoms with Gasteiger partial charge >= 0.3 is 0 Å². The molecule has 0 fully saturated rings. The molecule has 1 amide bonds. The van der Waals surface area contributed by atoms with Crippen LogP contribution in [0.2, 0.25) is 10.0 Å². The van der Waals surface area contributed by atoms with E-state index in [1.807, 2.05) is 0 Å². The number of rotatable bonds is 2. The van der Waals surface area contributed by atoms with E-state index in [1.165, 1.54) is 5.01 Å². The number of aromatic nitrogens is 1. The third kappa shape index (κ3) is 2.28. The Bertz CT molecular complexity index is 688. The molecule has 1 aromatic heterocycles. The van der Waals surface area contributed by atoms with Gasteiger partial charge in [-0.15, -0.1) is 0 Å². The summed E-state index contributed by atoms with van der Waals surface area (Å²) in [5, 5.41) is 6.28. The molecule has 4 nitrogen and oxygen atoms in total. The van der Waals surface area contributed by atoms with Crippen molar-refractivity contribution in [2.24, 2.45) is 5.10 Å². The highest BCUT2D eigenvalue weighted by molar-refractivity contribution is 6.42. The van der Waals surface area contributed by atoms with Gasteiger partial charge in [0.2, 0.25) is 0 Å². The third-order valence-corrected chi connectivity index (χ3v) is 3.71. The smallest absolute Gasteiger partial charge is 0.261 e. The molecule has 0 N–H and O–H groups in total. The molecule has 3 rings (SSSR count). The lowest BCUT2D eigenvalue weighted by molar-refractivity contribution is -0.118. The van der Waals surface area contributed by atoms with Crippen LogP contribution in [0, 0.1) is 0 Å². The molecular weight excluding hydrogens is 297 g/mol. The summed E-state index contributed by atoms with van der Waals surface area (Å²) in [6.45, 7) is 0. The Morgan fingerprint density at radius 2 is 1.95 bits per heavy atom. The van der Waals surface area contributed by atoms with Crippen molar-refractivity contribution in [1.29, 1.82) is 0 Å². The monoisotopic (exact) mass is 305 g/mol. The molecule has 0 radical (unpaired) electrons. The van der Waals surface area contributed by atoms with Crippen molar-refractivity contribution >= 4 is 41.1 Å². The van der Waals surface area contributed by atoms with E-state index >= 15 is 0 Å². The van der Waals surface area contributed by atoms with Crippen LogP contribution in [-0.2, 0) is 4.79 Å². The molecule has 2 aromatic rings. The lowest BCUT2D eigenvalue weighted by Gasteiger charge is -2.13. The second kappa shape index (κ2) is 5.23. The average molecular weight is 306 g/mol. The van der Waals surface area contributed by atoms with Crippen LogP contribution < -0.4 is 5.01 Å². The molecule has 1 aliphatic heterocycles. The maximum atomic E-state index is 12.4. The van der Waals surface area contributed by atoms with E-state index in [2.05, 4.69) is 10.1 Å². The van der Waals surface area contributed by atoms with E-state index in [0.29, 0.717) is 15.9 Å². The molecule has 0 spiro atoms. The summed E-state index contributed by atoms with van der Waals surface area (Å²) in [6.07, 6.45) is 3.20. The fourth-order valence-corrected chi connectivity index (χ4v) is 2.28. The lowest BCUT2D eigenvalue weighted by Crippen LogP contribution is -2.25. The zero-order valence-corrected chi connectivity index (χ0v) is 11.7. The molecule has 1 atom stereocenters. The Balaban J connectivity index is 1.90. The van der Waals surface area contributed by atoms with E-state index < -0.39 is 5.92 Å². The van der Waals surface area contributed by atoms with Crippen LogP contribution in [0.5, 0.6) is 0 Å². The van der Waals surface area contributed by atoms with Crippen LogP contribution in [0.1, 0.15) is 11.5 Å². The highest BCUT2D eigenvalue weighted by Crippen LogP contribution is 2.30. The standard InChI is InChI=1S/C14H9Cl2N3O/c15-11-5-4-9(7-12(11)16)10-8-18-19(14(10)20)13-3-1-2-6-17-13/h1-8,10H. The highest BCUT2D eigenvalue weighted by atomic mass is 35.5. The molecule has 1 aliphatic rings. The van der Waals surface area contributed by atoms with Gasteiger partial charge in [-0.1, -0.05) is 35.3 Å². The summed E-state index contributed by atoms with van der Waals surface area (Å²) in [6, 6.07) is 10.4. The normalized spacial score (nSPS) is 17.8. The molecule has 0 saturated heterocycles. The first-order valence-electron chi connectivity index (χ1n) is 5.91. The molecule has 6 heteroatoms. The van der Waals surface area contributed by atoms with Crippen LogP contribution in [0.25, 0.3) is 0 Å². The number of pyridine rings is 1. The Kier molecular flexibility index (Phi) is 3.42. The zero-order valence-electron chi connectivity index (χ0n) is 10.2. The van der Waals surface area contributed by atoms with Gasteiger partial charge in [0.25, 0.3) is 5.91 Å². The van der Waals surface area contributed by atoms with Crippen molar-refractivity contribution in [3.05, 3.63) is 58.2 Å². The number of carbonyl (C=O) groups is 1. The maximum absolute atomic E-state index is 12.4. The van der Waals surface area contributed by atoms with Gasteiger partial charge in [0.15, 0.2) is 5.82 Å². The minimum Gasteiger partial charge on any atom is -0.271 e. The number of hydrogen-bond acceptors (Lipinski definition) is 3. The van der Waals surface area contributed by atoms with Crippen LogP contribution >= 0.6 is 23.2 Å². The van der Waals surface area contributed by atoms with Crippen LogP contribution in [0.15, 0.2) is 47.7 Å². The third-order valence-electron chi connectivity index (χ3n) is 2.98. The molecular formula is C14H9Cl2N3O. The predicted octanol–water partition coefficient (Wildman–Crippen LogP) is 3.50. The summed E-state index contributed by atoms with van der Waals surface area (Å²) in [5.41, 5.74) is 0.756. The molecule has 1 aromatic carbocycles. The van der Waals surface area contributed by atoms with Gasteiger partial charge in [0.05, 0.1) is 10.0 Å². The van der Waals surface area contributed by atoms with Crippen molar-refractivity contribution in [2.75, 3.05) is 5.01 Å². The number of amides is 1. The molecule has 0 saturated carbocycles. The van der Waals surface area contributed by atoms with E-state index in [0.717, 1.165) is 5.56 Å². The summed E-state index contributed by atoms with van der Waals surface area (Å²) in [5.74, 6) is -0.134.